The number of methoxy groups -OCH3 is 1. The van der Waals surface area contributed by atoms with Gasteiger partial charge in [0.25, 0.3) is 0 Å². The number of nitrogens with zero attached hydrogens (tertiary/aromatic N) is 2. The molecule has 0 bridgehead atoms. The number of aromatic nitrogens is 2. The van der Waals surface area contributed by atoms with Gasteiger partial charge in [-0.05, 0) is 19.1 Å². The topological polar surface area (TPSA) is 82.2 Å². The highest BCUT2D eigenvalue weighted by Crippen LogP contribution is 2.24. The summed E-state index contributed by atoms with van der Waals surface area (Å²) in [6.45, 7) is 2.27. The van der Waals surface area contributed by atoms with E-state index >= 15 is 0 Å². The number of nitrogens with two attached hydrogens (primary N) is 1. The molecule has 0 aliphatic rings. The van der Waals surface area contributed by atoms with E-state index in [1.807, 2.05) is 6.92 Å². The zero-order chi connectivity index (χ0) is 15.4. The highest BCUT2D eigenvalue weighted by atomic mass is 35.5. The SMILES string of the molecule is COc1ccc(NC(=O)CCn2cc(Cl)c(C)n2)c(N)c1. The zero-order valence-corrected chi connectivity index (χ0v) is 12.6. The van der Waals surface area contributed by atoms with Gasteiger partial charge in [0.05, 0.1) is 29.2 Å². The minimum absolute atomic E-state index is 0.142. The van der Waals surface area contributed by atoms with Crippen LogP contribution in [0.4, 0.5) is 11.4 Å². The molecule has 0 unspecified atom stereocenters. The van der Waals surface area contributed by atoms with Crippen LogP contribution >= 0.6 is 11.6 Å². The Hall–Kier alpha value is -2.21. The van der Waals surface area contributed by atoms with Crippen molar-refractivity contribution in [3.63, 3.8) is 0 Å². The van der Waals surface area contributed by atoms with Gasteiger partial charge in [0, 0.05) is 25.2 Å². The Balaban J connectivity index is 1.92. The molecule has 0 saturated carbocycles. The number of halogens is 1. The summed E-state index contributed by atoms with van der Waals surface area (Å²) in [4.78, 5) is 11.9. The van der Waals surface area contributed by atoms with Crippen molar-refractivity contribution in [1.82, 2.24) is 9.78 Å². The molecule has 3 N–H and O–H groups in total. The van der Waals surface area contributed by atoms with Crippen molar-refractivity contribution in [2.75, 3.05) is 18.2 Å². The monoisotopic (exact) mass is 308 g/mol. The van der Waals surface area contributed by atoms with Crippen LogP contribution in [0, 0.1) is 6.92 Å². The molecule has 1 amide bonds. The second-order valence-electron chi connectivity index (χ2n) is 4.58. The number of hydrogen-bond donors (Lipinski definition) is 2. The summed E-state index contributed by atoms with van der Waals surface area (Å²) in [5.74, 6) is 0.503. The minimum Gasteiger partial charge on any atom is -0.497 e. The molecule has 1 heterocycles. The highest BCUT2D eigenvalue weighted by molar-refractivity contribution is 6.31. The van der Waals surface area contributed by atoms with Crippen molar-refractivity contribution < 1.29 is 9.53 Å². The van der Waals surface area contributed by atoms with Crippen LogP contribution in [0.25, 0.3) is 0 Å². The number of hydrogen-bond acceptors (Lipinski definition) is 4. The van der Waals surface area contributed by atoms with Crippen molar-refractivity contribution >= 4 is 28.9 Å². The van der Waals surface area contributed by atoms with Crippen LogP contribution in [0.2, 0.25) is 5.02 Å². The highest BCUT2D eigenvalue weighted by Gasteiger charge is 2.08. The van der Waals surface area contributed by atoms with E-state index in [4.69, 9.17) is 22.1 Å². The number of rotatable bonds is 5. The first kappa shape index (κ1) is 15.2. The fraction of sp³-hybridized carbons (Fsp3) is 0.286. The van der Waals surface area contributed by atoms with E-state index < -0.39 is 0 Å². The van der Waals surface area contributed by atoms with Crippen molar-refractivity contribution in [1.29, 1.82) is 0 Å². The summed E-state index contributed by atoms with van der Waals surface area (Å²) in [5, 5.41) is 7.54. The first-order chi connectivity index (χ1) is 9.99. The third kappa shape index (κ3) is 3.88. The van der Waals surface area contributed by atoms with Gasteiger partial charge in [-0.2, -0.15) is 5.10 Å². The summed E-state index contributed by atoms with van der Waals surface area (Å²) < 4.78 is 6.70. The number of amides is 1. The average Bonchev–Trinajstić information content (AvgIpc) is 2.78. The number of anilines is 2. The predicted molar refractivity (Wildman–Crippen MR) is 82.6 cm³/mol. The summed E-state index contributed by atoms with van der Waals surface area (Å²) in [6, 6.07) is 5.11. The number of carbonyl (C=O) groups excluding carboxylic acids is 1. The van der Waals surface area contributed by atoms with Crippen LogP contribution < -0.4 is 15.8 Å². The average molecular weight is 309 g/mol. The Kier molecular flexibility index (Phi) is 4.70. The standard InChI is InChI=1S/C14H17ClN4O2/c1-9-11(15)8-19(18-9)6-5-14(20)17-13-4-3-10(21-2)7-12(13)16/h3-4,7-8H,5-6,16H2,1-2H3,(H,17,20). The van der Waals surface area contributed by atoms with Gasteiger partial charge in [-0.1, -0.05) is 11.6 Å². The maximum absolute atomic E-state index is 11.9. The first-order valence-corrected chi connectivity index (χ1v) is 6.80. The molecule has 21 heavy (non-hydrogen) atoms. The lowest BCUT2D eigenvalue weighted by Crippen LogP contribution is -2.15. The molecular formula is C14H17ClN4O2. The second kappa shape index (κ2) is 6.49. The number of ether oxygens (including phenoxy) is 1. The molecule has 0 atom stereocenters. The first-order valence-electron chi connectivity index (χ1n) is 6.42. The summed E-state index contributed by atoms with van der Waals surface area (Å²) in [5.41, 5.74) is 7.62. The molecule has 112 valence electrons. The Morgan fingerprint density at radius 3 is 2.86 bits per heavy atom. The van der Waals surface area contributed by atoms with Gasteiger partial charge in [0.1, 0.15) is 5.75 Å². The maximum atomic E-state index is 11.9. The summed E-state index contributed by atoms with van der Waals surface area (Å²) in [7, 11) is 1.56. The molecule has 0 spiro atoms. The van der Waals surface area contributed by atoms with Crippen molar-refractivity contribution in [2.45, 2.75) is 19.9 Å². The molecule has 2 rings (SSSR count). The molecule has 7 heteroatoms. The van der Waals surface area contributed by atoms with Gasteiger partial charge in [-0.15, -0.1) is 0 Å². The van der Waals surface area contributed by atoms with Crippen LogP contribution in [0.1, 0.15) is 12.1 Å². The van der Waals surface area contributed by atoms with Crippen LogP contribution in [-0.2, 0) is 11.3 Å². The maximum Gasteiger partial charge on any atom is 0.226 e. The van der Waals surface area contributed by atoms with E-state index in [-0.39, 0.29) is 12.3 Å². The second-order valence-corrected chi connectivity index (χ2v) is 4.98. The fourth-order valence-corrected chi connectivity index (χ4v) is 1.97. The molecule has 0 fully saturated rings. The quantitative estimate of drug-likeness (QED) is 0.831. The van der Waals surface area contributed by atoms with Gasteiger partial charge >= 0.3 is 0 Å². The smallest absolute Gasteiger partial charge is 0.226 e. The number of nitrogens with one attached hydrogen (secondary N) is 1. The molecule has 2 aromatic rings. The van der Waals surface area contributed by atoms with Gasteiger partial charge < -0.3 is 15.8 Å². The Morgan fingerprint density at radius 2 is 2.29 bits per heavy atom. The van der Waals surface area contributed by atoms with Gasteiger partial charge in [-0.25, -0.2) is 0 Å². The van der Waals surface area contributed by atoms with Crippen LogP contribution in [0.5, 0.6) is 5.75 Å². The van der Waals surface area contributed by atoms with Gasteiger partial charge in [0.15, 0.2) is 0 Å². The lowest BCUT2D eigenvalue weighted by Gasteiger charge is -2.09. The van der Waals surface area contributed by atoms with Gasteiger partial charge in [-0.3, -0.25) is 9.48 Å². The van der Waals surface area contributed by atoms with Crippen LogP contribution in [0.15, 0.2) is 24.4 Å². The largest absolute Gasteiger partial charge is 0.497 e. The lowest BCUT2D eigenvalue weighted by atomic mass is 10.2. The Morgan fingerprint density at radius 1 is 1.52 bits per heavy atom. The third-order valence-electron chi connectivity index (χ3n) is 2.99. The lowest BCUT2D eigenvalue weighted by molar-refractivity contribution is -0.116. The van der Waals surface area contributed by atoms with Crippen molar-refractivity contribution in [3.8, 4) is 5.75 Å². The van der Waals surface area contributed by atoms with E-state index in [2.05, 4.69) is 10.4 Å². The molecule has 1 aromatic heterocycles. The molecule has 0 aliphatic heterocycles. The Labute approximate surface area is 127 Å². The zero-order valence-electron chi connectivity index (χ0n) is 11.9. The third-order valence-corrected chi connectivity index (χ3v) is 3.36. The Bertz CT molecular complexity index is 635. The normalized spacial score (nSPS) is 10.4. The van der Waals surface area contributed by atoms with E-state index in [1.165, 1.54) is 0 Å². The van der Waals surface area contributed by atoms with Crippen LogP contribution in [0.3, 0.4) is 0 Å². The van der Waals surface area contributed by atoms with Gasteiger partial charge in [0.2, 0.25) is 5.91 Å². The number of benzene rings is 1. The molecule has 0 aliphatic carbocycles. The summed E-state index contributed by atoms with van der Waals surface area (Å²) >= 11 is 5.91. The molecule has 6 nitrogen and oxygen atoms in total. The molecule has 0 saturated heterocycles. The fourth-order valence-electron chi connectivity index (χ4n) is 1.82. The molecular weight excluding hydrogens is 292 g/mol. The number of aryl methyl sites for hydroxylation is 2. The van der Waals surface area contributed by atoms with Crippen molar-refractivity contribution in [2.24, 2.45) is 0 Å². The van der Waals surface area contributed by atoms with E-state index in [0.717, 1.165) is 5.69 Å². The van der Waals surface area contributed by atoms with Crippen molar-refractivity contribution in [3.05, 3.63) is 35.1 Å². The predicted octanol–water partition coefficient (Wildman–Crippen LogP) is 2.46. The number of nitrogen functional groups attached to an aromatic ring is 1. The number of carbonyl (C=O) groups is 1. The van der Waals surface area contributed by atoms with Crippen LogP contribution in [-0.4, -0.2) is 22.8 Å². The van der Waals surface area contributed by atoms with E-state index in [0.29, 0.717) is 28.7 Å². The van der Waals surface area contributed by atoms with E-state index in [1.54, 1.807) is 36.2 Å². The summed E-state index contributed by atoms with van der Waals surface area (Å²) in [6.07, 6.45) is 1.98. The molecule has 0 radical (unpaired) electrons. The van der Waals surface area contributed by atoms with E-state index in [9.17, 15) is 4.79 Å². The molecule has 1 aromatic carbocycles. The minimum atomic E-state index is -0.142.